The second-order valence-corrected chi connectivity index (χ2v) is 8.57. The van der Waals surface area contributed by atoms with E-state index in [1.165, 1.54) is 11.8 Å². The van der Waals surface area contributed by atoms with Crippen LogP contribution in [0.15, 0.2) is 35.3 Å². The molecule has 1 saturated heterocycles. The van der Waals surface area contributed by atoms with Gasteiger partial charge in [0.2, 0.25) is 11.8 Å². The summed E-state index contributed by atoms with van der Waals surface area (Å²) in [6.45, 7) is 7.86. The van der Waals surface area contributed by atoms with Crippen LogP contribution in [0.25, 0.3) is 0 Å². The zero-order valence-electron chi connectivity index (χ0n) is 16.2. The molecule has 1 atom stereocenters. The Bertz CT molecular complexity index is 965. The number of hydrogen-bond acceptors (Lipinski definition) is 4. The van der Waals surface area contributed by atoms with E-state index < -0.39 is 5.25 Å². The molecule has 2 amide bonds. The van der Waals surface area contributed by atoms with Crippen molar-refractivity contribution in [3.05, 3.63) is 57.6 Å². The minimum atomic E-state index is -0.509. The van der Waals surface area contributed by atoms with Crippen LogP contribution in [0, 0.1) is 27.7 Å². The number of amidine groups is 1. The number of anilines is 1. The molecule has 1 heterocycles. The third kappa shape index (κ3) is 4.75. The summed E-state index contributed by atoms with van der Waals surface area (Å²) in [5.41, 5.74) is 5.60. The highest BCUT2D eigenvalue weighted by Crippen LogP contribution is 2.28. The van der Waals surface area contributed by atoms with Crippen LogP contribution >= 0.6 is 23.4 Å². The average molecular weight is 416 g/mol. The fraction of sp³-hybridized carbons (Fsp3) is 0.286. The quantitative estimate of drug-likeness (QED) is 0.751. The van der Waals surface area contributed by atoms with Crippen molar-refractivity contribution >= 4 is 51.7 Å². The molecule has 0 bridgehead atoms. The lowest BCUT2D eigenvalue weighted by atomic mass is 10.0. The number of halogens is 1. The molecule has 5 nitrogen and oxygen atoms in total. The van der Waals surface area contributed by atoms with Crippen molar-refractivity contribution in [1.29, 1.82) is 0 Å². The van der Waals surface area contributed by atoms with Gasteiger partial charge in [0.25, 0.3) is 0 Å². The summed E-state index contributed by atoms with van der Waals surface area (Å²) in [6, 6.07) is 9.51. The molecule has 2 aromatic rings. The van der Waals surface area contributed by atoms with Crippen molar-refractivity contribution in [3.63, 3.8) is 0 Å². The first kappa shape index (κ1) is 20.4. The van der Waals surface area contributed by atoms with E-state index >= 15 is 0 Å². The molecule has 0 saturated carbocycles. The van der Waals surface area contributed by atoms with Gasteiger partial charge in [-0.05, 0) is 56.5 Å². The van der Waals surface area contributed by atoms with Gasteiger partial charge in [-0.25, -0.2) is 4.99 Å². The molecule has 0 aromatic heterocycles. The number of carbonyl (C=O) groups excluding carboxylic acids is 2. The highest BCUT2D eigenvalue weighted by molar-refractivity contribution is 8.15. The van der Waals surface area contributed by atoms with Crippen LogP contribution in [0.5, 0.6) is 0 Å². The Hall–Kier alpha value is -2.31. The van der Waals surface area contributed by atoms with Crippen molar-refractivity contribution in [1.82, 2.24) is 5.32 Å². The van der Waals surface area contributed by atoms with Gasteiger partial charge in [0.1, 0.15) is 5.25 Å². The van der Waals surface area contributed by atoms with Crippen LogP contribution in [0.2, 0.25) is 5.02 Å². The molecule has 0 radical (unpaired) electrons. The SMILES string of the molecule is Cc1cc(C)c(NC(=O)CC2SC(=Nc3ccc(C)c(Cl)c3)NC2=O)c(C)c1. The van der Waals surface area contributed by atoms with Crippen LogP contribution in [-0.4, -0.2) is 22.2 Å². The fourth-order valence-corrected chi connectivity index (χ4v) is 4.26. The van der Waals surface area contributed by atoms with Gasteiger partial charge in [0.15, 0.2) is 5.17 Å². The minimum absolute atomic E-state index is 0.0803. The number of nitrogens with one attached hydrogen (secondary N) is 2. The molecule has 2 N–H and O–H groups in total. The van der Waals surface area contributed by atoms with E-state index in [1.807, 2.05) is 52.0 Å². The van der Waals surface area contributed by atoms with Gasteiger partial charge in [-0.1, -0.05) is 47.1 Å². The fourth-order valence-electron chi connectivity index (χ4n) is 3.10. The molecule has 1 unspecified atom stereocenters. The van der Waals surface area contributed by atoms with Gasteiger partial charge in [-0.3, -0.25) is 9.59 Å². The first-order valence-corrected chi connectivity index (χ1v) is 10.2. The van der Waals surface area contributed by atoms with Crippen molar-refractivity contribution in [2.45, 2.75) is 39.4 Å². The number of carbonyl (C=O) groups is 2. The molecule has 3 rings (SSSR count). The van der Waals surface area contributed by atoms with Crippen molar-refractivity contribution in [3.8, 4) is 0 Å². The molecule has 146 valence electrons. The normalized spacial score (nSPS) is 17.7. The van der Waals surface area contributed by atoms with Crippen LogP contribution in [0.4, 0.5) is 11.4 Å². The molecule has 28 heavy (non-hydrogen) atoms. The van der Waals surface area contributed by atoms with Gasteiger partial charge < -0.3 is 10.6 Å². The summed E-state index contributed by atoms with van der Waals surface area (Å²) in [5, 5.41) is 6.27. The zero-order valence-corrected chi connectivity index (χ0v) is 17.8. The van der Waals surface area contributed by atoms with Gasteiger partial charge in [-0.15, -0.1) is 0 Å². The van der Waals surface area contributed by atoms with Gasteiger partial charge in [-0.2, -0.15) is 0 Å². The molecule has 1 fully saturated rings. The van der Waals surface area contributed by atoms with E-state index in [1.54, 1.807) is 6.07 Å². The standard InChI is InChI=1S/C21H22ClN3O2S/c1-11-7-13(3)19(14(4)8-11)24-18(26)10-17-20(27)25-21(28-17)23-15-6-5-12(2)16(22)9-15/h5-9,17H,10H2,1-4H3,(H,24,26)(H,23,25,27). The summed E-state index contributed by atoms with van der Waals surface area (Å²) < 4.78 is 0. The third-order valence-corrected chi connectivity index (χ3v) is 5.96. The largest absolute Gasteiger partial charge is 0.326 e. The molecule has 7 heteroatoms. The molecular formula is C21H22ClN3O2S. The number of aliphatic imine (C=N–C) groups is 1. The van der Waals surface area contributed by atoms with E-state index in [2.05, 4.69) is 15.6 Å². The summed E-state index contributed by atoms with van der Waals surface area (Å²) in [5.74, 6) is -0.406. The van der Waals surface area contributed by atoms with Gasteiger partial charge in [0, 0.05) is 17.1 Å². The lowest BCUT2D eigenvalue weighted by molar-refractivity contribution is -0.122. The third-order valence-electron chi connectivity index (χ3n) is 4.47. The van der Waals surface area contributed by atoms with Crippen LogP contribution in [0.1, 0.15) is 28.7 Å². The maximum absolute atomic E-state index is 12.5. The summed E-state index contributed by atoms with van der Waals surface area (Å²) >= 11 is 7.38. The minimum Gasteiger partial charge on any atom is -0.326 e. The first-order valence-electron chi connectivity index (χ1n) is 8.93. The molecule has 0 aliphatic carbocycles. The molecule has 1 aliphatic heterocycles. The Morgan fingerprint density at radius 3 is 2.46 bits per heavy atom. The molecule has 2 aromatic carbocycles. The van der Waals surface area contributed by atoms with Gasteiger partial charge in [0.05, 0.1) is 5.69 Å². The number of nitrogens with zero attached hydrogens (tertiary/aromatic N) is 1. The highest BCUT2D eigenvalue weighted by Gasteiger charge is 2.32. The average Bonchev–Trinajstić information content (AvgIpc) is 2.93. The topological polar surface area (TPSA) is 70.6 Å². The predicted molar refractivity (Wildman–Crippen MR) is 117 cm³/mol. The number of rotatable bonds is 4. The van der Waals surface area contributed by atoms with Crippen LogP contribution in [-0.2, 0) is 9.59 Å². The van der Waals surface area contributed by atoms with E-state index in [4.69, 9.17) is 11.6 Å². The Balaban J connectivity index is 1.67. The Morgan fingerprint density at radius 2 is 1.82 bits per heavy atom. The van der Waals surface area contributed by atoms with Crippen molar-refractivity contribution < 1.29 is 9.59 Å². The molecule has 1 aliphatic rings. The maximum atomic E-state index is 12.5. The number of thioether (sulfide) groups is 1. The van der Waals surface area contributed by atoms with Crippen molar-refractivity contribution in [2.24, 2.45) is 4.99 Å². The smallest absolute Gasteiger partial charge is 0.240 e. The Kier molecular flexibility index (Phi) is 6.10. The summed E-state index contributed by atoms with van der Waals surface area (Å²) in [6.07, 6.45) is 0.0803. The number of hydrogen-bond donors (Lipinski definition) is 2. The predicted octanol–water partition coefficient (Wildman–Crippen LogP) is 4.82. The Labute approximate surface area is 174 Å². The summed E-state index contributed by atoms with van der Waals surface area (Å²) in [4.78, 5) is 29.2. The first-order chi connectivity index (χ1) is 13.2. The van der Waals surface area contributed by atoms with E-state index in [9.17, 15) is 9.59 Å². The van der Waals surface area contributed by atoms with Crippen LogP contribution < -0.4 is 10.6 Å². The van der Waals surface area contributed by atoms with E-state index in [0.717, 1.165) is 27.9 Å². The van der Waals surface area contributed by atoms with E-state index in [-0.39, 0.29) is 18.2 Å². The Morgan fingerprint density at radius 1 is 1.14 bits per heavy atom. The zero-order chi connectivity index (χ0) is 20.4. The van der Waals surface area contributed by atoms with Crippen LogP contribution in [0.3, 0.4) is 0 Å². The highest BCUT2D eigenvalue weighted by atomic mass is 35.5. The second kappa shape index (κ2) is 8.37. The second-order valence-electron chi connectivity index (χ2n) is 6.97. The van der Waals surface area contributed by atoms with E-state index in [0.29, 0.717) is 15.9 Å². The monoisotopic (exact) mass is 415 g/mol. The maximum Gasteiger partial charge on any atom is 0.240 e. The lowest BCUT2D eigenvalue weighted by Gasteiger charge is -2.13. The number of aryl methyl sites for hydroxylation is 4. The molecular weight excluding hydrogens is 394 g/mol. The number of benzene rings is 2. The van der Waals surface area contributed by atoms with Crippen molar-refractivity contribution in [2.75, 3.05) is 5.32 Å². The molecule has 0 spiro atoms. The number of amides is 2. The lowest BCUT2D eigenvalue weighted by Crippen LogP contribution is -2.28. The van der Waals surface area contributed by atoms with Gasteiger partial charge >= 0.3 is 0 Å². The summed E-state index contributed by atoms with van der Waals surface area (Å²) in [7, 11) is 0.